The van der Waals surface area contributed by atoms with Gasteiger partial charge in [-0.25, -0.2) is 0 Å². The van der Waals surface area contributed by atoms with Crippen molar-refractivity contribution < 1.29 is 9.53 Å². The van der Waals surface area contributed by atoms with Crippen molar-refractivity contribution in [3.05, 3.63) is 28.8 Å². The summed E-state index contributed by atoms with van der Waals surface area (Å²) in [5.74, 6) is 1.16. The molecule has 1 heterocycles. The minimum absolute atomic E-state index is 0.00749. The number of halogens is 1. The topological polar surface area (TPSA) is 41.6 Å². The van der Waals surface area contributed by atoms with Crippen LogP contribution >= 0.6 is 11.6 Å². The van der Waals surface area contributed by atoms with Crippen LogP contribution in [0.15, 0.2) is 18.2 Å². The van der Waals surface area contributed by atoms with E-state index in [1.54, 1.807) is 12.1 Å². The van der Waals surface area contributed by atoms with Crippen LogP contribution in [0.2, 0.25) is 5.02 Å². The van der Waals surface area contributed by atoms with Gasteiger partial charge in [0.1, 0.15) is 5.75 Å². The number of hydrogen-bond donors (Lipinski definition) is 1. The summed E-state index contributed by atoms with van der Waals surface area (Å²) in [6, 6.07) is 5.28. The van der Waals surface area contributed by atoms with Gasteiger partial charge >= 0.3 is 0 Å². The molecule has 0 bridgehead atoms. The molecular formula is C15H21ClN2O2. The van der Waals surface area contributed by atoms with E-state index in [9.17, 15) is 4.79 Å². The molecule has 110 valence electrons. The van der Waals surface area contributed by atoms with Gasteiger partial charge in [0, 0.05) is 26.2 Å². The molecule has 0 aliphatic carbocycles. The molecule has 0 aromatic heterocycles. The molecule has 5 heteroatoms. The van der Waals surface area contributed by atoms with Crippen molar-refractivity contribution >= 4 is 17.5 Å². The van der Waals surface area contributed by atoms with Gasteiger partial charge in [0.25, 0.3) is 5.91 Å². The third-order valence-corrected chi connectivity index (χ3v) is 3.47. The number of nitrogens with zero attached hydrogens (tertiary/aromatic N) is 1. The molecule has 1 saturated heterocycles. The summed E-state index contributed by atoms with van der Waals surface area (Å²) >= 11 is 6.22. The zero-order chi connectivity index (χ0) is 14.5. The molecule has 2 rings (SSSR count). The van der Waals surface area contributed by atoms with Crippen LogP contribution in [0.1, 0.15) is 24.2 Å². The van der Waals surface area contributed by atoms with E-state index in [2.05, 4.69) is 19.2 Å². The molecule has 20 heavy (non-hydrogen) atoms. The third kappa shape index (κ3) is 3.87. The van der Waals surface area contributed by atoms with Crippen molar-refractivity contribution in [3.63, 3.8) is 0 Å². The van der Waals surface area contributed by atoms with Gasteiger partial charge < -0.3 is 15.0 Å². The molecular weight excluding hydrogens is 276 g/mol. The van der Waals surface area contributed by atoms with Crippen molar-refractivity contribution in [1.82, 2.24) is 10.2 Å². The van der Waals surface area contributed by atoms with Crippen LogP contribution in [0, 0.1) is 5.92 Å². The molecule has 0 unspecified atom stereocenters. The zero-order valence-corrected chi connectivity index (χ0v) is 12.7. The van der Waals surface area contributed by atoms with Crippen molar-refractivity contribution in [2.75, 3.05) is 32.8 Å². The second-order valence-electron chi connectivity index (χ2n) is 5.39. The lowest BCUT2D eigenvalue weighted by atomic mass is 10.1. The normalized spacial score (nSPS) is 15.5. The smallest absolute Gasteiger partial charge is 0.255 e. The van der Waals surface area contributed by atoms with Crippen LogP contribution < -0.4 is 10.1 Å². The Labute approximate surface area is 125 Å². The van der Waals surface area contributed by atoms with Crippen molar-refractivity contribution in [3.8, 4) is 5.75 Å². The first-order valence-corrected chi connectivity index (χ1v) is 7.38. The number of carbonyl (C=O) groups excluding carboxylic acids is 1. The lowest BCUT2D eigenvalue weighted by molar-refractivity contribution is 0.0736. The summed E-state index contributed by atoms with van der Waals surface area (Å²) in [7, 11) is 0. The van der Waals surface area contributed by atoms with Gasteiger partial charge in [-0.05, 0) is 24.1 Å². The van der Waals surface area contributed by atoms with Crippen LogP contribution in [-0.2, 0) is 0 Å². The Bertz CT molecular complexity index is 471. The number of benzene rings is 1. The van der Waals surface area contributed by atoms with E-state index in [1.165, 1.54) is 0 Å². The highest BCUT2D eigenvalue weighted by Gasteiger charge is 2.20. The van der Waals surface area contributed by atoms with Crippen LogP contribution in [0.4, 0.5) is 0 Å². The standard InChI is InChI=1S/C15H21ClN2O2/c1-11(2)10-20-12-3-4-13(14(16)9-12)15(19)18-7-5-17-6-8-18/h3-4,9,11,17H,5-8,10H2,1-2H3. The maximum absolute atomic E-state index is 12.4. The summed E-state index contributed by atoms with van der Waals surface area (Å²) in [5.41, 5.74) is 0.547. The maximum atomic E-state index is 12.4. The Balaban J connectivity index is 2.06. The van der Waals surface area contributed by atoms with Crippen LogP contribution in [0.25, 0.3) is 0 Å². The monoisotopic (exact) mass is 296 g/mol. The molecule has 1 aliphatic rings. The van der Waals surface area contributed by atoms with E-state index < -0.39 is 0 Å². The average Bonchev–Trinajstić information content (AvgIpc) is 2.45. The lowest BCUT2D eigenvalue weighted by Gasteiger charge is -2.27. The van der Waals surface area contributed by atoms with Crippen LogP contribution in [0.5, 0.6) is 5.75 Å². The second-order valence-corrected chi connectivity index (χ2v) is 5.80. The molecule has 1 aliphatic heterocycles. The third-order valence-electron chi connectivity index (χ3n) is 3.16. The van der Waals surface area contributed by atoms with Gasteiger partial charge in [0.15, 0.2) is 0 Å². The highest BCUT2D eigenvalue weighted by Crippen LogP contribution is 2.24. The predicted molar refractivity (Wildman–Crippen MR) is 80.6 cm³/mol. The number of piperazine rings is 1. The van der Waals surface area contributed by atoms with Gasteiger partial charge in [-0.2, -0.15) is 0 Å². The number of carbonyl (C=O) groups is 1. The number of rotatable bonds is 4. The van der Waals surface area contributed by atoms with E-state index in [4.69, 9.17) is 16.3 Å². The minimum Gasteiger partial charge on any atom is -0.493 e. The van der Waals surface area contributed by atoms with E-state index in [1.807, 2.05) is 11.0 Å². The van der Waals surface area contributed by atoms with E-state index >= 15 is 0 Å². The Hall–Kier alpha value is -1.26. The molecule has 1 aromatic rings. The van der Waals surface area contributed by atoms with E-state index in [-0.39, 0.29) is 5.91 Å². The molecule has 4 nitrogen and oxygen atoms in total. The fourth-order valence-corrected chi connectivity index (χ4v) is 2.31. The predicted octanol–water partition coefficient (Wildman–Crippen LogP) is 2.42. The highest BCUT2D eigenvalue weighted by atomic mass is 35.5. The second kappa shape index (κ2) is 6.95. The number of ether oxygens (including phenoxy) is 1. The number of nitrogens with one attached hydrogen (secondary N) is 1. The Morgan fingerprint density at radius 3 is 2.70 bits per heavy atom. The largest absolute Gasteiger partial charge is 0.493 e. The SMILES string of the molecule is CC(C)COc1ccc(C(=O)N2CCNCC2)c(Cl)c1. The fraction of sp³-hybridized carbons (Fsp3) is 0.533. The first kappa shape index (κ1) is 15.1. The summed E-state index contributed by atoms with van der Waals surface area (Å²) in [6.45, 7) is 7.93. The zero-order valence-electron chi connectivity index (χ0n) is 12.0. The first-order valence-electron chi connectivity index (χ1n) is 7.00. The minimum atomic E-state index is -0.00749. The van der Waals surface area contributed by atoms with Gasteiger partial charge in [0.2, 0.25) is 0 Å². The van der Waals surface area contributed by atoms with E-state index in [0.29, 0.717) is 28.9 Å². The summed E-state index contributed by atoms with van der Waals surface area (Å²) in [6.07, 6.45) is 0. The van der Waals surface area contributed by atoms with Crippen molar-refractivity contribution in [2.24, 2.45) is 5.92 Å². The van der Waals surface area contributed by atoms with Crippen molar-refractivity contribution in [2.45, 2.75) is 13.8 Å². The van der Waals surface area contributed by atoms with Crippen LogP contribution in [-0.4, -0.2) is 43.6 Å². The van der Waals surface area contributed by atoms with Crippen LogP contribution in [0.3, 0.4) is 0 Å². The maximum Gasteiger partial charge on any atom is 0.255 e. The Kier molecular flexibility index (Phi) is 5.26. The molecule has 1 amide bonds. The molecule has 1 N–H and O–H groups in total. The molecule has 0 radical (unpaired) electrons. The number of hydrogen-bond acceptors (Lipinski definition) is 3. The molecule has 1 fully saturated rings. The number of amides is 1. The fourth-order valence-electron chi connectivity index (χ4n) is 2.06. The molecule has 0 saturated carbocycles. The van der Waals surface area contributed by atoms with Gasteiger partial charge in [-0.3, -0.25) is 4.79 Å². The highest BCUT2D eigenvalue weighted by molar-refractivity contribution is 6.34. The van der Waals surface area contributed by atoms with Gasteiger partial charge in [0.05, 0.1) is 17.2 Å². The first-order chi connectivity index (χ1) is 9.58. The average molecular weight is 297 g/mol. The molecule has 1 aromatic carbocycles. The summed E-state index contributed by atoms with van der Waals surface area (Å²) in [5, 5.41) is 3.68. The molecule has 0 atom stereocenters. The van der Waals surface area contributed by atoms with E-state index in [0.717, 1.165) is 26.2 Å². The molecule has 0 spiro atoms. The van der Waals surface area contributed by atoms with Crippen molar-refractivity contribution in [1.29, 1.82) is 0 Å². The van der Waals surface area contributed by atoms with Gasteiger partial charge in [-0.1, -0.05) is 25.4 Å². The summed E-state index contributed by atoms with van der Waals surface area (Å²) in [4.78, 5) is 14.2. The quantitative estimate of drug-likeness (QED) is 0.928. The Morgan fingerprint density at radius 1 is 1.40 bits per heavy atom. The van der Waals surface area contributed by atoms with Gasteiger partial charge in [-0.15, -0.1) is 0 Å². The summed E-state index contributed by atoms with van der Waals surface area (Å²) < 4.78 is 5.61. The lowest BCUT2D eigenvalue weighted by Crippen LogP contribution is -2.46. The Morgan fingerprint density at radius 2 is 2.10 bits per heavy atom.